The molecule has 0 atom stereocenters. The molecular weight excluding hydrogens is 244 g/mol. The highest BCUT2D eigenvalue weighted by Crippen LogP contribution is 2.16. The molecule has 0 aliphatic heterocycles. The minimum Gasteiger partial charge on any atom is -0.396 e. The highest BCUT2D eigenvalue weighted by Gasteiger charge is 1.99. The summed E-state index contributed by atoms with van der Waals surface area (Å²) in [4.78, 5) is 5.48. The van der Waals surface area contributed by atoms with E-state index in [0.29, 0.717) is 0 Å². The van der Waals surface area contributed by atoms with E-state index in [9.17, 15) is 0 Å². The van der Waals surface area contributed by atoms with E-state index < -0.39 is 0 Å². The number of nitrogens with zero attached hydrogens (tertiary/aromatic N) is 1. The molecule has 1 aromatic carbocycles. The molecule has 3 nitrogen and oxygen atoms in total. The Morgan fingerprint density at radius 2 is 2.28 bits per heavy atom. The average molecular weight is 262 g/mol. The minimum absolute atomic E-state index is 0.248. The highest BCUT2D eigenvalue weighted by molar-refractivity contribution is 7.11. The van der Waals surface area contributed by atoms with E-state index in [0.717, 1.165) is 30.1 Å². The van der Waals surface area contributed by atoms with Crippen molar-refractivity contribution in [3.05, 3.63) is 45.9 Å². The molecule has 0 unspecified atom stereocenters. The molecule has 0 aliphatic carbocycles. The Balaban J connectivity index is 1.92. The lowest BCUT2D eigenvalue weighted by molar-refractivity contribution is 0.288. The smallest absolute Gasteiger partial charge is 0.0897 e. The Bertz CT molecular complexity index is 496. The van der Waals surface area contributed by atoms with Gasteiger partial charge in [-0.15, -0.1) is 11.3 Å². The molecule has 0 amide bonds. The number of benzene rings is 1. The fourth-order valence-electron chi connectivity index (χ4n) is 1.80. The maximum absolute atomic E-state index is 8.83. The number of aromatic nitrogens is 1. The molecule has 2 aromatic rings. The van der Waals surface area contributed by atoms with Crippen molar-refractivity contribution in [2.75, 3.05) is 11.9 Å². The van der Waals surface area contributed by atoms with E-state index >= 15 is 0 Å². The summed E-state index contributed by atoms with van der Waals surface area (Å²) in [7, 11) is 0. The SMILES string of the molecule is Cc1ncc(CNc2cccc(CCCO)c2)s1. The molecule has 0 spiro atoms. The molecular formula is C14H18N2OS. The van der Waals surface area contributed by atoms with Crippen LogP contribution < -0.4 is 5.32 Å². The topological polar surface area (TPSA) is 45.2 Å². The van der Waals surface area contributed by atoms with Gasteiger partial charge in [-0.1, -0.05) is 12.1 Å². The van der Waals surface area contributed by atoms with Crippen LogP contribution in [0.3, 0.4) is 0 Å². The summed E-state index contributed by atoms with van der Waals surface area (Å²) >= 11 is 1.72. The molecule has 0 radical (unpaired) electrons. The summed E-state index contributed by atoms with van der Waals surface area (Å²) < 4.78 is 0. The highest BCUT2D eigenvalue weighted by atomic mass is 32.1. The Labute approximate surface area is 112 Å². The first kappa shape index (κ1) is 13.1. The van der Waals surface area contributed by atoms with E-state index in [-0.39, 0.29) is 6.61 Å². The van der Waals surface area contributed by atoms with Crippen LogP contribution in [0.5, 0.6) is 0 Å². The van der Waals surface area contributed by atoms with Crippen molar-refractivity contribution in [2.24, 2.45) is 0 Å². The van der Waals surface area contributed by atoms with E-state index in [2.05, 4.69) is 28.5 Å². The van der Waals surface area contributed by atoms with Gasteiger partial charge in [-0.05, 0) is 37.5 Å². The number of aliphatic hydroxyl groups is 1. The van der Waals surface area contributed by atoms with Gasteiger partial charge < -0.3 is 10.4 Å². The molecule has 2 N–H and O–H groups in total. The van der Waals surface area contributed by atoms with Gasteiger partial charge in [0.25, 0.3) is 0 Å². The van der Waals surface area contributed by atoms with Crippen LogP contribution in [0.1, 0.15) is 21.9 Å². The minimum atomic E-state index is 0.248. The summed E-state index contributed by atoms with van der Waals surface area (Å²) in [5.41, 5.74) is 2.38. The molecule has 2 rings (SSSR count). The Kier molecular flexibility index (Phi) is 4.73. The first-order valence-electron chi connectivity index (χ1n) is 6.13. The normalized spacial score (nSPS) is 10.6. The van der Waals surface area contributed by atoms with Crippen LogP contribution in [0.2, 0.25) is 0 Å². The summed E-state index contributed by atoms with van der Waals surface area (Å²) in [6, 6.07) is 8.35. The number of anilines is 1. The quantitative estimate of drug-likeness (QED) is 0.841. The van der Waals surface area contributed by atoms with Gasteiger partial charge in [0.05, 0.1) is 11.6 Å². The van der Waals surface area contributed by atoms with E-state index in [1.54, 1.807) is 11.3 Å². The Morgan fingerprint density at radius 1 is 1.39 bits per heavy atom. The summed E-state index contributed by atoms with van der Waals surface area (Å²) in [6.45, 7) is 3.08. The van der Waals surface area contributed by atoms with Crippen molar-refractivity contribution in [3.8, 4) is 0 Å². The Morgan fingerprint density at radius 3 is 3.00 bits per heavy atom. The third kappa shape index (κ3) is 3.82. The van der Waals surface area contributed by atoms with Crippen molar-refractivity contribution in [1.29, 1.82) is 0 Å². The van der Waals surface area contributed by atoms with Gasteiger partial charge in [0.1, 0.15) is 0 Å². The molecule has 1 heterocycles. The number of hydrogen-bond donors (Lipinski definition) is 2. The second kappa shape index (κ2) is 6.52. The van der Waals surface area contributed by atoms with Crippen molar-refractivity contribution >= 4 is 17.0 Å². The van der Waals surface area contributed by atoms with Crippen molar-refractivity contribution < 1.29 is 5.11 Å². The third-order valence-electron chi connectivity index (χ3n) is 2.69. The zero-order chi connectivity index (χ0) is 12.8. The molecule has 0 fully saturated rings. The second-order valence-corrected chi connectivity index (χ2v) is 5.55. The fourth-order valence-corrected chi connectivity index (χ4v) is 2.53. The standard InChI is InChI=1S/C14H18N2OS/c1-11-15-9-14(18-11)10-16-13-6-2-4-12(8-13)5-3-7-17/h2,4,6,8-9,16-17H,3,5,7,10H2,1H3. The lowest BCUT2D eigenvalue weighted by atomic mass is 10.1. The second-order valence-electron chi connectivity index (χ2n) is 4.23. The van der Waals surface area contributed by atoms with Crippen molar-refractivity contribution in [2.45, 2.75) is 26.3 Å². The van der Waals surface area contributed by atoms with E-state index in [1.807, 2.05) is 19.2 Å². The molecule has 1 aromatic heterocycles. The molecule has 0 saturated carbocycles. The van der Waals surface area contributed by atoms with Crippen LogP contribution in [-0.4, -0.2) is 16.7 Å². The first-order chi connectivity index (χ1) is 8.78. The molecule has 96 valence electrons. The van der Waals surface area contributed by atoms with Crippen LogP contribution in [0.4, 0.5) is 5.69 Å². The number of rotatable bonds is 6. The summed E-state index contributed by atoms with van der Waals surface area (Å²) in [6.07, 6.45) is 3.66. The predicted octanol–water partition coefficient (Wildman–Crippen LogP) is 2.99. The number of thiazole rings is 1. The van der Waals surface area contributed by atoms with Gasteiger partial charge in [0.15, 0.2) is 0 Å². The van der Waals surface area contributed by atoms with Crippen LogP contribution in [0.15, 0.2) is 30.5 Å². The van der Waals surface area contributed by atoms with Crippen molar-refractivity contribution in [1.82, 2.24) is 4.98 Å². The zero-order valence-corrected chi connectivity index (χ0v) is 11.3. The molecule has 18 heavy (non-hydrogen) atoms. The first-order valence-corrected chi connectivity index (χ1v) is 6.94. The molecule has 0 bridgehead atoms. The number of hydrogen-bond acceptors (Lipinski definition) is 4. The molecule has 4 heteroatoms. The van der Waals surface area contributed by atoms with Crippen LogP contribution >= 0.6 is 11.3 Å². The third-order valence-corrected chi connectivity index (χ3v) is 3.60. The number of aliphatic hydroxyl groups excluding tert-OH is 1. The molecule has 0 saturated heterocycles. The maximum Gasteiger partial charge on any atom is 0.0897 e. The predicted molar refractivity (Wildman–Crippen MR) is 76.0 cm³/mol. The van der Waals surface area contributed by atoms with Gasteiger partial charge in [-0.3, -0.25) is 0 Å². The average Bonchev–Trinajstić information content (AvgIpc) is 2.80. The zero-order valence-electron chi connectivity index (χ0n) is 10.5. The van der Waals surface area contributed by atoms with Crippen molar-refractivity contribution in [3.63, 3.8) is 0 Å². The van der Waals surface area contributed by atoms with Gasteiger partial charge in [-0.2, -0.15) is 0 Å². The van der Waals surface area contributed by atoms with E-state index in [1.165, 1.54) is 10.4 Å². The fraction of sp³-hybridized carbons (Fsp3) is 0.357. The lowest BCUT2D eigenvalue weighted by Crippen LogP contribution is -1.98. The van der Waals surface area contributed by atoms with Gasteiger partial charge in [0, 0.05) is 23.4 Å². The van der Waals surface area contributed by atoms with Gasteiger partial charge >= 0.3 is 0 Å². The van der Waals surface area contributed by atoms with Crippen LogP contribution in [-0.2, 0) is 13.0 Å². The van der Waals surface area contributed by atoms with Gasteiger partial charge in [0.2, 0.25) is 0 Å². The van der Waals surface area contributed by atoms with E-state index in [4.69, 9.17) is 5.11 Å². The number of nitrogens with one attached hydrogen (secondary N) is 1. The summed E-state index contributed by atoms with van der Waals surface area (Å²) in [5, 5.41) is 13.3. The maximum atomic E-state index is 8.83. The van der Waals surface area contributed by atoms with Crippen LogP contribution in [0, 0.1) is 6.92 Å². The largest absolute Gasteiger partial charge is 0.396 e. The van der Waals surface area contributed by atoms with Crippen LogP contribution in [0.25, 0.3) is 0 Å². The Hall–Kier alpha value is -1.39. The summed E-state index contributed by atoms with van der Waals surface area (Å²) in [5.74, 6) is 0. The number of aryl methyl sites for hydroxylation is 2. The van der Waals surface area contributed by atoms with Gasteiger partial charge in [-0.25, -0.2) is 4.98 Å². The lowest BCUT2D eigenvalue weighted by Gasteiger charge is -2.07. The molecule has 0 aliphatic rings. The monoisotopic (exact) mass is 262 g/mol.